The molecule has 1 N–H and O–H groups in total. The number of fused-ring (bicyclic) bond motifs is 1. The molecule has 4 rings (SSSR count). The van der Waals surface area contributed by atoms with Gasteiger partial charge in [-0.25, -0.2) is 9.97 Å². The van der Waals surface area contributed by atoms with E-state index in [0.29, 0.717) is 6.04 Å². The van der Waals surface area contributed by atoms with Gasteiger partial charge in [-0.2, -0.15) is 0 Å². The fraction of sp³-hybridized carbons (Fsp3) is 0.529. The number of anilines is 1. The lowest BCUT2D eigenvalue weighted by Gasteiger charge is -2.32. The summed E-state index contributed by atoms with van der Waals surface area (Å²) in [6.07, 6.45) is 11.1. The van der Waals surface area contributed by atoms with Crippen molar-refractivity contribution in [2.45, 2.75) is 44.7 Å². The molecule has 0 unspecified atom stereocenters. The molecule has 2 aliphatic rings. The van der Waals surface area contributed by atoms with Crippen molar-refractivity contribution < 1.29 is 4.42 Å². The number of furan rings is 1. The van der Waals surface area contributed by atoms with Crippen molar-refractivity contribution in [3.8, 4) is 0 Å². The van der Waals surface area contributed by atoms with Crippen molar-refractivity contribution in [3.05, 3.63) is 41.7 Å². The molecule has 1 aliphatic carbocycles. The third-order valence-corrected chi connectivity index (χ3v) is 4.79. The van der Waals surface area contributed by atoms with Gasteiger partial charge in [0.2, 0.25) is 0 Å². The van der Waals surface area contributed by atoms with Gasteiger partial charge in [0, 0.05) is 42.5 Å². The molecule has 1 saturated heterocycles. The first-order chi connectivity index (χ1) is 10.9. The van der Waals surface area contributed by atoms with Crippen LogP contribution in [0.15, 0.2) is 29.3 Å². The lowest BCUT2D eigenvalue weighted by Crippen LogP contribution is -2.38. The maximum absolute atomic E-state index is 5.15. The minimum Gasteiger partial charge on any atom is -0.472 e. The number of nitrogens with zero attached hydrogens (tertiary/aromatic N) is 3. The van der Waals surface area contributed by atoms with Crippen LogP contribution in [0.25, 0.3) is 0 Å². The standard InChI is InChI=1S/C17H22N4O/c1-2-15-16(3-1)18-12-19-17(15)20-14-4-7-21(8-5-14)10-13-6-9-22-11-13/h6,9,11-12,14H,1-5,7-8,10H2,(H,18,19,20). The highest BCUT2D eigenvalue weighted by molar-refractivity contribution is 5.48. The van der Waals surface area contributed by atoms with E-state index >= 15 is 0 Å². The van der Waals surface area contributed by atoms with E-state index in [9.17, 15) is 0 Å². The summed E-state index contributed by atoms with van der Waals surface area (Å²) in [4.78, 5) is 11.4. The number of hydrogen-bond donors (Lipinski definition) is 1. The first-order valence-corrected chi connectivity index (χ1v) is 8.21. The molecule has 2 aromatic heterocycles. The first kappa shape index (κ1) is 13.8. The van der Waals surface area contributed by atoms with Gasteiger partial charge in [0.05, 0.1) is 12.5 Å². The summed E-state index contributed by atoms with van der Waals surface area (Å²) >= 11 is 0. The lowest BCUT2D eigenvalue weighted by atomic mass is 10.0. The van der Waals surface area contributed by atoms with Crippen LogP contribution in [0.3, 0.4) is 0 Å². The van der Waals surface area contributed by atoms with E-state index in [0.717, 1.165) is 51.1 Å². The highest BCUT2D eigenvalue weighted by Gasteiger charge is 2.22. The average Bonchev–Trinajstić information content (AvgIpc) is 3.21. The van der Waals surface area contributed by atoms with Crippen LogP contribution in [0.1, 0.15) is 36.1 Å². The van der Waals surface area contributed by atoms with Crippen molar-refractivity contribution in [1.82, 2.24) is 14.9 Å². The summed E-state index contributed by atoms with van der Waals surface area (Å²) in [6.45, 7) is 3.23. The molecule has 0 aromatic carbocycles. The van der Waals surface area contributed by atoms with Gasteiger partial charge in [-0.05, 0) is 38.2 Å². The number of likely N-dealkylation sites (tertiary alicyclic amines) is 1. The Kier molecular flexibility index (Phi) is 3.81. The second-order valence-electron chi connectivity index (χ2n) is 6.33. The largest absolute Gasteiger partial charge is 0.472 e. The van der Waals surface area contributed by atoms with Crippen LogP contribution in [-0.2, 0) is 19.4 Å². The van der Waals surface area contributed by atoms with Gasteiger partial charge in [0.15, 0.2) is 0 Å². The molecule has 0 radical (unpaired) electrons. The Hall–Kier alpha value is -1.88. The van der Waals surface area contributed by atoms with E-state index in [-0.39, 0.29) is 0 Å². The zero-order valence-corrected chi connectivity index (χ0v) is 12.8. The fourth-order valence-corrected chi connectivity index (χ4v) is 3.55. The summed E-state index contributed by atoms with van der Waals surface area (Å²) in [7, 11) is 0. The van der Waals surface area contributed by atoms with Gasteiger partial charge in [0.25, 0.3) is 0 Å². The molecule has 0 spiro atoms. The molecule has 0 amide bonds. The lowest BCUT2D eigenvalue weighted by molar-refractivity contribution is 0.210. The highest BCUT2D eigenvalue weighted by atomic mass is 16.3. The molecule has 116 valence electrons. The van der Waals surface area contributed by atoms with E-state index in [4.69, 9.17) is 4.42 Å². The van der Waals surface area contributed by atoms with Crippen molar-refractivity contribution in [1.29, 1.82) is 0 Å². The molecular formula is C17H22N4O. The van der Waals surface area contributed by atoms with Crippen LogP contribution in [0, 0.1) is 0 Å². The predicted molar refractivity (Wildman–Crippen MR) is 84.7 cm³/mol. The summed E-state index contributed by atoms with van der Waals surface area (Å²) in [6, 6.07) is 2.58. The Labute approximate surface area is 130 Å². The molecule has 1 fully saturated rings. The molecule has 1 aliphatic heterocycles. The number of aromatic nitrogens is 2. The summed E-state index contributed by atoms with van der Waals surface area (Å²) < 4.78 is 5.15. The van der Waals surface area contributed by atoms with Crippen molar-refractivity contribution in [3.63, 3.8) is 0 Å². The predicted octanol–water partition coefficient (Wildman–Crippen LogP) is 2.63. The third kappa shape index (κ3) is 2.86. The minimum absolute atomic E-state index is 0.528. The van der Waals surface area contributed by atoms with E-state index in [1.54, 1.807) is 12.6 Å². The van der Waals surface area contributed by atoms with E-state index < -0.39 is 0 Å². The van der Waals surface area contributed by atoms with Crippen LogP contribution in [0.4, 0.5) is 5.82 Å². The zero-order chi connectivity index (χ0) is 14.8. The minimum atomic E-state index is 0.528. The normalized spacial score (nSPS) is 19.3. The van der Waals surface area contributed by atoms with Crippen LogP contribution in [-0.4, -0.2) is 34.0 Å². The van der Waals surface area contributed by atoms with Gasteiger partial charge in [-0.3, -0.25) is 4.90 Å². The van der Waals surface area contributed by atoms with Crippen LogP contribution >= 0.6 is 0 Å². The molecule has 5 nitrogen and oxygen atoms in total. The maximum Gasteiger partial charge on any atom is 0.133 e. The molecule has 0 bridgehead atoms. The Bertz CT molecular complexity index is 618. The summed E-state index contributed by atoms with van der Waals surface area (Å²) in [5, 5.41) is 3.66. The maximum atomic E-state index is 5.15. The number of piperidine rings is 1. The molecule has 3 heterocycles. The third-order valence-electron chi connectivity index (χ3n) is 4.79. The van der Waals surface area contributed by atoms with Crippen molar-refractivity contribution in [2.24, 2.45) is 0 Å². The number of nitrogens with one attached hydrogen (secondary N) is 1. The van der Waals surface area contributed by atoms with Gasteiger partial charge >= 0.3 is 0 Å². The molecule has 0 saturated carbocycles. The van der Waals surface area contributed by atoms with E-state index in [1.165, 1.54) is 23.2 Å². The first-order valence-electron chi connectivity index (χ1n) is 8.21. The second kappa shape index (κ2) is 6.08. The molecule has 22 heavy (non-hydrogen) atoms. The summed E-state index contributed by atoms with van der Waals surface area (Å²) in [5.74, 6) is 1.08. The number of rotatable bonds is 4. The monoisotopic (exact) mass is 298 g/mol. The van der Waals surface area contributed by atoms with Gasteiger partial charge < -0.3 is 9.73 Å². The van der Waals surface area contributed by atoms with E-state index in [2.05, 4.69) is 26.3 Å². The fourth-order valence-electron chi connectivity index (χ4n) is 3.55. The van der Waals surface area contributed by atoms with Crippen LogP contribution in [0.2, 0.25) is 0 Å². The van der Waals surface area contributed by atoms with Crippen molar-refractivity contribution in [2.75, 3.05) is 18.4 Å². The Balaban J connectivity index is 1.34. The quantitative estimate of drug-likeness (QED) is 0.940. The van der Waals surface area contributed by atoms with Gasteiger partial charge in [-0.15, -0.1) is 0 Å². The van der Waals surface area contributed by atoms with Crippen LogP contribution < -0.4 is 5.32 Å². The topological polar surface area (TPSA) is 54.2 Å². The van der Waals surface area contributed by atoms with E-state index in [1.807, 2.05) is 6.26 Å². The molecule has 5 heteroatoms. The smallest absolute Gasteiger partial charge is 0.133 e. The molecule has 0 atom stereocenters. The summed E-state index contributed by atoms with van der Waals surface area (Å²) in [5.41, 5.74) is 3.86. The Morgan fingerprint density at radius 1 is 1.23 bits per heavy atom. The molecular weight excluding hydrogens is 276 g/mol. The average molecular weight is 298 g/mol. The second-order valence-corrected chi connectivity index (χ2v) is 6.33. The SMILES string of the molecule is c1nc2c(c(NC3CCN(Cc4ccoc4)CC3)n1)CCC2. The zero-order valence-electron chi connectivity index (χ0n) is 12.8. The number of hydrogen-bond acceptors (Lipinski definition) is 5. The van der Waals surface area contributed by atoms with Gasteiger partial charge in [-0.1, -0.05) is 0 Å². The highest BCUT2D eigenvalue weighted by Crippen LogP contribution is 2.27. The van der Waals surface area contributed by atoms with Crippen molar-refractivity contribution >= 4 is 5.82 Å². The Morgan fingerprint density at radius 2 is 2.14 bits per heavy atom. The number of aryl methyl sites for hydroxylation is 1. The van der Waals surface area contributed by atoms with Gasteiger partial charge in [0.1, 0.15) is 12.1 Å². The Morgan fingerprint density at radius 3 is 2.95 bits per heavy atom. The molecule has 2 aromatic rings. The van der Waals surface area contributed by atoms with Crippen LogP contribution in [0.5, 0.6) is 0 Å².